The lowest BCUT2D eigenvalue weighted by atomic mass is 10.2. The van der Waals surface area contributed by atoms with Crippen molar-refractivity contribution in [3.05, 3.63) is 45.9 Å². The lowest BCUT2D eigenvalue weighted by Crippen LogP contribution is -2.48. The number of hydrogen-bond acceptors (Lipinski definition) is 6. The van der Waals surface area contributed by atoms with Gasteiger partial charge in [0.25, 0.3) is 0 Å². The third-order valence-electron chi connectivity index (χ3n) is 6.42. The Balaban J connectivity index is 1.29. The number of piperazine rings is 1. The van der Waals surface area contributed by atoms with Crippen LogP contribution in [0.2, 0.25) is 0 Å². The maximum Gasteiger partial charge on any atom is 0.244 e. The van der Waals surface area contributed by atoms with Crippen LogP contribution in [0.5, 0.6) is 11.5 Å². The number of benzene rings is 2. The first-order valence-electron chi connectivity index (χ1n) is 11.1. The first kappa shape index (κ1) is 22.6. The maximum atomic E-state index is 13.5. The van der Waals surface area contributed by atoms with Crippen molar-refractivity contribution in [2.75, 3.05) is 44.4 Å². The maximum absolute atomic E-state index is 13.5. The molecule has 3 aliphatic rings. The molecule has 10 heteroatoms. The van der Waals surface area contributed by atoms with Crippen LogP contribution in [0.25, 0.3) is 0 Å². The quantitative estimate of drug-likeness (QED) is 0.585. The summed E-state index contributed by atoms with van der Waals surface area (Å²) in [4.78, 5) is 16.5. The van der Waals surface area contributed by atoms with Gasteiger partial charge in [-0.25, -0.2) is 8.42 Å². The van der Waals surface area contributed by atoms with Gasteiger partial charge in [0.15, 0.2) is 11.5 Å². The van der Waals surface area contributed by atoms with E-state index in [1.165, 1.54) is 4.31 Å². The molecule has 5 rings (SSSR count). The van der Waals surface area contributed by atoms with E-state index in [1.54, 1.807) is 11.0 Å². The van der Waals surface area contributed by atoms with Gasteiger partial charge in [-0.05, 0) is 57.7 Å². The van der Waals surface area contributed by atoms with Gasteiger partial charge in [0, 0.05) is 55.8 Å². The molecule has 0 radical (unpaired) electrons. The molecule has 8 nitrogen and oxygen atoms in total. The Bertz CT molecular complexity index is 1190. The molecule has 0 aliphatic carbocycles. The highest BCUT2D eigenvalue weighted by molar-refractivity contribution is 9.10. The van der Waals surface area contributed by atoms with Crippen LogP contribution in [0.1, 0.15) is 24.5 Å². The minimum absolute atomic E-state index is 0.0107. The molecule has 33 heavy (non-hydrogen) atoms. The molecule has 2 aromatic rings. The predicted molar refractivity (Wildman–Crippen MR) is 127 cm³/mol. The lowest BCUT2D eigenvalue weighted by molar-refractivity contribution is -0.118. The number of halogens is 1. The van der Waals surface area contributed by atoms with Crippen molar-refractivity contribution < 1.29 is 22.7 Å². The van der Waals surface area contributed by atoms with Crippen LogP contribution in [-0.4, -0.2) is 63.0 Å². The van der Waals surface area contributed by atoms with Crippen molar-refractivity contribution in [2.45, 2.75) is 31.2 Å². The Labute approximate surface area is 202 Å². The molecule has 1 saturated heterocycles. The normalized spacial score (nSPS) is 18.5. The Morgan fingerprint density at radius 1 is 1.03 bits per heavy atom. The molecule has 0 N–H and O–H groups in total. The minimum Gasteiger partial charge on any atom is -0.454 e. The highest BCUT2D eigenvalue weighted by Gasteiger charge is 2.33. The van der Waals surface area contributed by atoms with E-state index in [0.29, 0.717) is 49.3 Å². The average molecular weight is 536 g/mol. The molecule has 176 valence electrons. The van der Waals surface area contributed by atoms with Gasteiger partial charge in [0.2, 0.25) is 22.7 Å². The summed E-state index contributed by atoms with van der Waals surface area (Å²) in [6.45, 7) is 5.48. The molecular formula is C23H26BrN3O5S. The van der Waals surface area contributed by atoms with Crippen LogP contribution in [-0.2, 0) is 27.8 Å². The van der Waals surface area contributed by atoms with Crippen LogP contribution in [0, 0.1) is 0 Å². The van der Waals surface area contributed by atoms with Gasteiger partial charge in [-0.2, -0.15) is 4.31 Å². The summed E-state index contributed by atoms with van der Waals surface area (Å²) in [5.41, 5.74) is 2.82. The van der Waals surface area contributed by atoms with E-state index in [0.717, 1.165) is 35.6 Å². The average Bonchev–Trinajstić information content (AvgIpc) is 3.44. The number of rotatable bonds is 5. The first-order chi connectivity index (χ1) is 15.9. The van der Waals surface area contributed by atoms with Gasteiger partial charge in [-0.3, -0.25) is 9.69 Å². The van der Waals surface area contributed by atoms with Gasteiger partial charge in [0.1, 0.15) is 0 Å². The number of fused-ring (bicyclic) bond motifs is 2. The van der Waals surface area contributed by atoms with Crippen LogP contribution in [0.15, 0.2) is 39.7 Å². The van der Waals surface area contributed by atoms with Crippen LogP contribution in [0.4, 0.5) is 5.69 Å². The summed E-state index contributed by atoms with van der Waals surface area (Å²) in [5.74, 6) is 1.52. The molecule has 3 aliphatic heterocycles. The third-order valence-corrected chi connectivity index (χ3v) is 9.28. The van der Waals surface area contributed by atoms with E-state index in [9.17, 15) is 13.2 Å². The van der Waals surface area contributed by atoms with Crippen molar-refractivity contribution in [1.82, 2.24) is 9.21 Å². The number of hydrogen-bond donors (Lipinski definition) is 0. The molecule has 0 saturated carbocycles. The molecule has 3 heterocycles. The molecule has 0 unspecified atom stereocenters. The monoisotopic (exact) mass is 535 g/mol. The van der Waals surface area contributed by atoms with E-state index < -0.39 is 10.0 Å². The zero-order valence-corrected chi connectivity index (χ0v) is 20.8. The predicted octanol–water partition coefficient (Wildman–Crippen LogP) is 2.98. The highest BCUT2D eigenvalue weighted by atomic mass is 79.9. The standard InChI is InChI=1S/C23H26BrN3O5S/c1-2-23(28)27-6-5-17-12-18(24)22(13-19(17)27)33(29,30)26-9-7-25(8-10-26)14-16-3-4-20-21(11-16)32-15-31-20/h3-4,11-13H,2,5-10,14-15H2,1H3. The number of sulfonamides is 1. The third kappa shape index (κ3) is 4.25. The summed E-state index contributed by atoms with van der Waals surface area (Å²) < 4.78 is 39.9. The second-order valence-corrected chi connectivity index (χ2v) is 11.2. The summed E-state index contributed by atoms with van der Waals surface area (Å²) in [5, 5.41) is 0. The van der Waals surface area contributed by atoms with E-state index in [1.807, 2.05) is 31.2 Å². The smallest absolute Gasteiger partial charge is 0.244 e. The van der Waals surface area contributed by atoms with Crippen LogP contribution < -0.4 is 14.4 Å². The highest BCUT2D eigenvalue weighted by Crippen LogP contribution is 2.37. The van der Waals surface area contributed by atoms with Gasteiger partial charge in [-0.15, -0.1) is 0 Å². The number of ether oxygens (including phenoxy) is 2. The number of nitrogens with zero attached hydrogens (tertiary/aromatic N) is 3. The van der Waals surface area contributed by atoms with Crippen molar-refractivity contribution in [3.63, 3.8) is 0 Å². The lowest BCUT2D eigenvalue weighted by Gasteiger charge is -2.34. The van der Waals surface area contributed by atoms with Gasteiger partial charge in [-0.1, -0.05) is 13.0 Å². The Morgan fingerprint density at radius 3 is 2.55 bits per heavy atom. The summed E-state index contributed by atoms with van der Waals surface area (Å²) in [6, 6.07) is 9.42. The van der Waals surface area contributed by atoms with Gasteiger partial charge >= 0.3 is 0 Å². The molecular weight excluding hydrogens is 510 g/mol. The Kier molecular flexibility index (Phi) is 6.11. The van der Waals surface area contributed by atoms with Crippen LogP contribution in [0.3, 0.4) is 0 Å². The van der Waals surface area contributed by atoms with Crippen molar-refractivity contribution in [1.29, 1.82) is 0 Å². The van der Waals surface area contributed by atoms with E-state index >= 15 is 0 Å². The van der Waals surface area contributed by atoms with Gasteiger partial charge < -0.3 is 14.4 Å². The van der Waals surface area contributed by atoms with Crippen LogP contribution >= 0.6 is 15.9 Å². The molecule has 0 bridgehead atoms. The number of carbonyl (C=O) groups excluding carboxylic acids is 1. The fraction of sp³-hybridized carbons (Fsp3) is 0.435. The molecule has 1 amide bonds. The fourth-order valence-electron chi connectivity index (χ4n) is 4.60. The SMILES string of the molecule is CCC(=O)N1CCc2cc(Br)c(S(=O)(=O)N3CCN(Cc4ccc5c(c4)OCO5)CC3)cc21. The number of amides is 1. The molecule has 1 fully saturated rings. The Morgan fingerprint density at radius 2 is 1.79 bits per heavy atom. The van der Waals surface area contributed by atoms with Crippen molar-refractivity contribution >= 4 is 37.5 Å². The summed E-state index contributed by atoms with van der Waals surface area (Å²) in [6.07, 6.45) is 1.13. The number of anilines is 1. The number of carbonyl (C=O) groups is 1. The molecule has 2 aromatic carbocycles. The Hall–Kier alpha value is -2.14. The van der Waals surface area contributed by atoms with E-state index in [2.05, 4.69) is 20.8 Å². The zero-order chi connectivity index (χ0) is 23.2. The minimum atomic E-state index is -3.69. The van der Waals surface area contributed by atoms with E-state index in [-0.39, 0.29) is 17.6 Å². The molecule has 0 spiro atoms. The van der Waals surface area contributed by atoms with E-state index in [4.69, 9.17) is 9.47 Å². The molecule has 0 atom stereocenters. The zero-order valence-electron chi connectivity index (χ0n) is 18.4. The molecule has 0 aromatic heterocycles. The summed E-state index contributed by atoms with van der Waals surface area (Å²) in [7, 11) is -3.69. The second kappa shape index (κ2) is 8.90. The van der Waals surface area contributed by atoms with Gasteiger partial charge in [0.05, 0.1) is 4.90 Å². The second-order valence-electron chi connectivity index (χ2n) is 8.43. The topological polar surface area (TPSA) is 79.4 Å². The van der Waals surface area contributed by atoms with Crippen molar-refractivity contribution in [2.24, 2.45) is 0 Å². The fourth-order valence-corrected chi connectivity index (χ4v) is 7.09. The summed E-state index contributed by atoms with van der Waals surface area (Å²) >= 11 is 3.47. The largest absolute Gasteiger partial charge is 0.454 e. The first-order valence-corrected chi connectivity index (χ1v) is 13.3. The van der Waals surface area contributed by atoms with Crippen molar-refractivity contribution in [3.8, 4) is 11.5 Å².